The number of hydrogen-bond acceptors (Lipinski definition) is 2. The molecule has 0 unspecified atom stereocenters. The Kier molecular flexibility index (Phi) is 3.54. The van der Waals surface area contributed by atoms with Gasteiger partial charge in [0.2, 0.25) is 5.89 Å². The topological polar surface area (TPSA) is 26.0 Å². The molecule has 0 bridgehead atoms. The van der Waals surface area contributed by atoms with Crippen LogP contribution in [0.15, 0.2) is 52.9 Å². The molecule has 1 aromatic heterocycles. The van der Waals surface area contributed by atoms with Crippen LogP contribution in [0, 0.1) is 0 Å². The van der Waals surface area contributed by atoms with E-state index in [4.69, 9.17) is 4.42 Å². The Bertz CT molecular complexity index is 703. The predicted molar refractivity (Wildman–Crippen MR) is 87.4 cm³/mol. The highest BCUT2D eigenvalue weighted by atomic mass is 16.3. The normalized spacial score (nSPS) is 12.0. The van der Waals surface area contributed by atoms with E-state index in [-0.39, 0.29) is 5.41 Å². The zero-order valence-corrected chi connectivity index (χ0v) is 12.9. The van der Waals surface area contributed by atoms with E-state index in [9.17, 15) is 0 Å². The van der Waals surface area contributed by atoms with Gasteiger partial charge in [0.1, 0.15) is 5.52 Å². The van der Waals surface area contributed by atoms with Crippen molar-refractivity contribution in [1.82, 2.24) is 4.98 Å². The molecule has 0 fully saturated rings. The van der Waals surface area contributed by atoms with E-state index >= 15 is 0 Å². The third kappa shape index (κ3) is 2.46. The van der Waals surface area contributed by atoms with E-state index in [1.165, 1.54) is 5.56 Å². The first-order valence-electron chi connectivity index (χ1n) is 7.63. The lowest BCUT2D eigenvalue weighted by Crippen LogP contribution is -2.19. The molecule has 0 radical (unpaired) electrons. The number of rotatable bonds is 4. The van der Waals surface area contributed by atoms with Crippen LogP contribution in [-0.2, 0) is 5.41 Å². The van der Waals surface area contributed by atoms with Gasteiger partial charge in [0.15, 0.2) is 5.58 Å². The molecule has 2 nitrogen and oxygen atoms in total. The van der Waals surface area contributed by atoms with Gasteiger partial charge in [-0.25, -0.2) is 4.98 Å². The number of hydrogen-bond donors (Lipinski definition) is 0. The molecule has 0 aliphatic rings. The van der Waals surface area contributed by atoms with Gasteiger partial charge in [-0.1, -0.05) is 45.0 Å². The number of oxazole rings is 1. The highest BCUT2D eigenvalue weighted by Gasteiger charge is 2.22. The molecule has 21 heavy (non-hydrogen) atoms. The molecule has 2 heteroatoms. The maximum atomic E-state index is 5.82. The summed E-state index contributed by atoms with van der Waals surface area (Å²) in [5.41, 5.74) is 4.41. The van der Waals surface area contributed by atoms with Crippen LogP contribution in [-0.4, -0.2) is 4.98 Å². The summed E-state index contributed by atoms with van der Waals surface area (Å²) < 4.78 is 5.82. The number of fused-ring (bicyclic) bond motifs is 1. The van der Waals surface area contributed by atoms with Gasteiger partial charge in [0.05, 0.1) is 0 Å². The third-order valence-electron chi connectivity index (χ3n) is 4.68. The van der Waals surface area contributed by atoms with Crippen LogP contribution in [0.25, 0.3) is 22.6 Å². The van der Waals surface area contributed by atoms with Crippen molar-refractivity contribution in [3.8, 4) is 11.5 Å². The molecule has 0 saturated heterocycles. The van der Waals surface area contributed by atoms with Gasteiger partial charge < -0.3 is 4.42 Å². The maximum Gasteiger partial charge on any atom is 0.227 e. The van der Waals surface area contributed by atoms with Crippen molar-refractivity contribution in [1.29, 1.82) is 0 Å². The lowest BCUT2D eigenvalue weighted by atomic mass is 9.78. The highest BCUT2D eigenvalue weighted by molar-refractivity contribution is 5.75. The van der Waals surface area contributed by atoms with Gasteiger partial charge >= 0.3 is 0 Å². The van der Waals surface area contributed by atoms with Crippen LogP contribution in [0.5, 0.6) is 0 Å². The summed E-state index contributed by atoms with van der Waals surface area (Å²) in [5, 5.41) is 0. The predicted octanol–water partition coefficient (Wildman–Crippen LogP) is 5.57. The average Bonchev–Trinajstić information content (AvgIpc) is 2.98. The zero-order valence-electron chi connectivity index (χ0n) is 12.9. The summed E-state index contributed by atoms with van der Waals surface area (Å²) in [7, 11) is 0. The van der Waals surface area contributed by atoms with Crippen LogP contribution >= 0.6 is 0 Å². The van der Waals surface area contributed by atoms with Crippen molar-refractivity contribution in [3.05, 3.63) is 54.1 Å². The van der Waals surface area contributed by atoms with E-state index in [1.54, 1.807) is 0 Å². The maximum absolute atomic E-state index is 5.82. The fourth-order valence-corrected chi connectivity index (χ4v) is 2.67. The summed E-state index contributed by atoms with van der Waals surface area (Å²) in [4.78, 5) is 4.55. The molecule has 1 heterocycles. The quantitative estimate of drug-likeness (QED) is 0.623. The molecule has 108 valence electrons. The van der Waals surface area contributed by atoms with Gasteiger partial charge in [-0.05, 0) is 48.1 Å². The Balaban J connectivity index is 1.97. The van der Waals surface area contributed by atoms with Crippen molar-refractivity contribution in [2.24, 2.45) is 0 Å². The van der Waals surface area contributed by atoms with E-state index < -0.39 is 0 Å². The first kappa shape index (κ1) is 13.9. The summed E-state index contributed by atoms with van der Waals surface area (Å²) in [6, 6.07) is 16.5. The van der Waals surface area contributed by atoms with Crippen LogP contribution in [0.3, 0.4) is 0 Å². The summed E-state index contributed by atoms with van der Waals surface area (Å²) in [6.07, 6.45) is 2.29. The molecule has 0 atom stereocenters. The van der Waals surface area contributed by atoms with Gasteiger partial charge in [-0.15, -0.1) is 0 Å². The molecule has 0 aliphatic carbocycles. The molecule has 0 saturated carbocycles. The minimum absolute atomic E-state index is 0.250. The van der Waals surface area contributed by atoms with E-state index in [0.717, 1.165) is 29.5 Å². The van der Waals surface area contributed by atoms with Crippen LogP contribution in [0.2, 0.25) is 0 Å². The Morgan fingerprint density at radius 1 is 0.952 bits per heavy atom. The molecule has 3 aromatic rings. The molecular weight excluding hydrogens is 258 g/mol. The largest absolute Gasteiger partial charge is 0.436 e. The van der Waals surface area contributed by atoms with Crippen molar-refractivity contribution in [2.75, 3.05) is 0 Å². The molecule has 0 amide bonds. The van der Waals surface area contributed by atoms with E-state index in [0.29, 0.717) is 5.89 Å². The van der Waals surface area contributed by atoms with Crippen molar-refractivity contribution >= 4 is 11.1 Å². The summed E-state index contributed by atoms with van der Waals surface area (Å²) in [6.45, 7) is 6.82. The molecule has 0 spiro atoms. The second kappa shape index (κ2) is 5.36. The lowest BCUT2D eigenvalue weighted by Gasteiger charge is -2.27. The SMILES string of the molecule is CCC(C)(CC)c1ccc(-c2nc3ccccc3o2)cc1. The fraction of sp³-hybridized carbons (Fsp3) is 0.316. The summed E-state index contributed by atoms with van der Waals surface area (Å²) >= 11 is 0. The van der Waals surface area contributed by atoms with E-state index in [2.05, 4.69) is 50.0 Å². The molecule has 0 aliphatic heterocycles. The molecular formula is C19H21NO. The van der Waals surface area contributed by atoms with E-state index in [1.807, 2.05) is 24.3 Å². The van der Waals surface area contributed by atoms with Gasteiger partial charge in [-0.2, -0.15) is 0 Å². The highest BCUT2D eigenvalue weighted by Crippen LogP contribution is 2.32. The smallest absolute Gasteiger partial charge is 0.227 e. The fourth-order valence-electron chi connectivity index (χ4n) is 2.67. The Morgan fingerprint density at radius 2 is 1.62 bits per heavy atom. The van der Waals surface area contributed by atoms with Crippen LogP contribution in [0.4, 0.5) is 0 Å². The second-order valence-corrected chi connectivity index (χ2v) is 5.83. The average molecular weight is 279 g/mol. The van der Waals surface area contributed by atoms with Gasteiger partial charge in [-0.3, -0.25) is 0 Å². The second-order valence-electron chi connectivity index (χ2n) is 5.83. The molecule has 3 rings (SSSR count). The van der Waals surface area contributed by atoms with Crippen molar-refractivity contribution in [2.45, 2.75) is 39.0 Å². The minimum atomic E-state index is 0.250. The Hall–Kier alpha value is -2.09. The van der Waals surface area contributed by atoms with Crippen molar-refractivity contribution < 1.29 is 4.42 Å². The number of para-hydroxylation sites is 2. The van der Waals surface area contributed by atoms with Gasteiger partial charge in [0, 0.05) is 5.56 Å². The van der Waals surface area contributed by atoms with Crippen molar-refractivity contribution in [3.63, 3.8) is 0 Å². The number of benzene rings is 2. The Morgan fingerprint density at radius 3 is 2.24 bits per heavy atom. The first-order valence-corrected chi connectivity index (χ1v) is 7.63. The summed E-state index contributed by atoms with van der Waals surface area (Å²) in [5.74, 6) is 0.692. The number of aromatic nitrogens is 1. The van der Waals surface area contributed by atoms with Crippen LogP contribution in [0.1, 0.15) is 39.2 Å². The third-order valence-corrected chi connectivity index (χ3v) is 4.68. The minimum Gasteiger partial charge on any atom is -0.436 e. The van der Waals surface area contributed by atoms with Crippen LogP contribution < -0.4 is 0 Å². The monoisotopic (exact) mass is 279 g/mol. The molecule has 2 aromatic carbocycles. The zero-order chi connectivity index (χ0) is 14.9. The first-order chi connectivity index (χ1) is 10.2. The standard InChI is InChI=1S/C19H21NO/c1-4-19(3,5-2)15-12-10-14(11-13-15)18-20-16-8-6-7-9-17(16)21-18/h6-13H,4-5H2,1-3H3. The Labute approximate surface area is 125 Å². The van der Waals surface area contributed by atoms with Gasteiger partial charge in [0.25, 0.3) is 0 Å². The number of nitrogens with zero attached hydrogens (tertiary/aromatic N) is 1. The molecule has 0 N–H and O–H groups in total. The lowest BCUT2D eigenvalue weighted by molar-refractivity contribution is 0.439.